The van der Waals surface area contributed by atoms with Gasteiger partial charge in [-0.3, -0.25) is 4.98 Å². The van der Waals surface area contributed by atoms with Gasteiger partial charge in [-0.1, -0.05) is 30.3 Å². The quantitative estimate of drug-likeness (QED) is 0.423. The fourth-order valence-corrected chi connectivity index (χ4v) is 3.79. The van der Waals surface area contributed by atoms with Crippen LogP contribution >= 0.6 is 0 Å². The van der Waals surface area contributed by atoms with Gasteiger partial charge in [-0.25, -0.2) is 14.5 Å². The number of nitrogens with zero attached hydrogens (tertiary/aromatic N) is 6. The van der Waals surface area contributed by atoms with Gasteiger partial charge in [-0.2, -0.15) is 5.10 Å². The van der Waals surface area contributed by atoms with Crippen molar-refractivity contribution in [1.29, 1.82) is 0 Å². The maximum Gasteiger partial charge on any atom is 0.183 e. The van der Waals surface area contributed by atoms with Crippen LogP contribution in [-0.2, 0) is 13.1 Å². The van der Waals surface area contributed by atoms with Crippen LogP contribution in [0.25, 0.3) is 28.3 Å². The lowest BCUT2D eigenvalue weighted by molar-refractivity contribution is 0.431. The molecule has 1 aromatic carbocycles. The van der Waals surface area contributed by atoms with E-state index in [9.17, 15) is 0 Å². The number of hydrogen-bond donors (Lipinski definition) is 1. The van der Waals surface area contributed by atoms with Crippen molar-refractivity contribution in [1.82, 2.24) is 34.4 Å². The number of nitrogens with one attached hydrogen (secondary N) is 1. The number of hydrogen-bond acceptors (Lipinski definition) is 5. The molecule has 0 fully saturated rings. The van der Waals surface area contributed by atoms with E-state index in [1.165, 1.54) is 17.5 Å². The van der Waals surface area contributed by atoms with Crippen molar-refractivity contribution in [3.63, 3.8) is 0 Å². The van der Waals surface area contributed by atoms with Crippen LogP contribution in [0.1, 0.15) is 22.6 Å². The van der Waals surface area contributed by atoms with Crippen LogP contribution in [0.15, 0.2) is 67.1 Å². The average molecular weight is 419 g/mol. The predicted octanol–water partition coefficient (Wildman–Crippen LogP) is 3.88. The van der Waals surface area contributed by atoms with Crippen LogP contribution in [0.5, 0.6) is 0 Å². The first-order valence-corrected chi connectivity index (χ1v) is 10.4. The van der Waals surface area contributed by atoms with Gasteiger partial charge in [0.25, 0.3) is 0 Å². The molecular formula is C24H22BN7. The molecule has 0 aliphatic carbocycles. The highest BCUT2D eigenvalue weighted by Gasteiger charge is 2.17. The molecule has 0 aliphatic heterocycles. The number of rotatable bonds is 6. The summed E-state index contributed by atoms with van der Waals surface area (Å²) in [6, 6.07) is 18.1. The number of imidazole rings is 1. The molecule has 0 amide bonds. The minimum atomic E-state index is 0.471. The molecule has 0 spiro atoms. The van der Waals surface area contributed by atoms with Gasteiger partial charge < -0.3 is 9.79 Å². The summed E-state index contributed by atoms with van der Waals surface area (Å²) < 4.78 is 1.74. The van der Waals surface area contributed by atoms with Crippen molar-refractivity contribution >= 4 is 13.6 Å². The molecule has 4 aromatic heterocycles. The Morgan fingerprint density at radius 2 is 1.84 bits per heavy atom. The van der Waals surface area contributed by atoms with E-state index in [1.807, 2.05) is 55.6 Å². The fourth-order valence-electron chi connectivity index (χ4n) is 3.79. The topological polar surface area (TPSA) is 75.0 Å². The zero-order valence-electron chi connectivity index (χ0n) is 18.0. The van der Waals surface area contributed by atoms with Crippen molar-refractivity contribution in [2.24, 2.45) is 0 Å². The summed E-state index contributed by atoms with van der Waals surface area (Å²) in [4.78, 5) is 19.1. The van der Waals surface area contributed by atoms with Gasteiger partial charge in [-0.05, 0) is 49.2 Å². The Morgan fingerprint density at radius 1 is 0.969 bits per heavy atom. The highest BCUT2D eigenvalue weighted by atomic mass is 15.3. The molecule has 1 N–H and O–H groups in total. The first-order chi connectivity index (χ1) is 15.6. The van der Waals surface area contributed by atoms with E-state index in [-0.39, 0.29) is 0 Å². The van der Waals surface area contributed by atoms with Gasteiger partial charge in [0.1, 0.15) is 12.2 Å². The largest absolute Gasteiger partial charge is 0.344 e. The zero-order valence-corrected chi connectivity index (χ0v) is 18.0. The van der Waals surface area contributed by atoms with E-state index in [2.05, 4.69) is 34.1 Å². The minimum Gasteiger partial charge on any atom is -0.344 e. The third-order valence-electron chi connectivity index (χ3n) is 5.43. The molecule has 32 heavy (non-hydrogen) atoms. The van der Waals surface area contributed by atoms with Crippen molar-refractivity contribution in [3.05, 3.63) is 89.8 Å². The molecule has 0 aliphatic rings. The molecule has 156 valence electrons. The van der Waals surface area contributed by atoms with Gasteiger partial charge in [0, 0.05) is 30.5 Å². The highest BCUT2D eigenvalue weighted by molar-refractivity contribution is 6.04. The molecule has 0 saturated heterocycles. The summed E-state index contributed by atoms with van der Waals surface area (Å²) in [6.45, 7) is 5.17. The molecular weight excluding hydrogens is 397 g/mol. The monoisotopic (exact) mass is 419 g/mol. The summed E-state index contributed by atoms with van der Waals surface area (Å²) in [5, 5.41) is 4.26. The molecule has 5 rings (SSSR count). The second-order valence-electron chi connectivity index (χ2n) is 7.88. The number of fused-ring (bicyclic) bond motifs is 1. The lowest BCUT2D eigenvalue weighted by Gasteiger charge is -2.17. The Bertz CT molecular complexity index is 1390. The third-order valence-corrected chi connectivity index (χ3v) is 5.43. The second kappa shape index (κ2) is 8.40. The number of aromatic nitrogens is 6. The maximum absolute atomic E-state index is 6.36. The first-order valence-electron chi connectivity index (χ1n) is 10.4. The molecule has 0 saturated carbocycles. The van der Waals surface area contributed by atoms with E-state index in [0.29, 0.717) is 13.1 Å². The molecule has 4 heterocycles. The number of aromatic amines is 1. The predicted molar refractivity (Wildman–Crippen MR) is 125 cm³/mol. The van der Waals surface area contributed by atoms with Gasteiger partial charge in [0.05, 0.1) is 17.1 Å². The number of benzene rings is 1. The van der Waals surface area contributed by atoms with Crippen molar-refractivity contribution in [2.45, 2.75) is 26.9 Å². The van der Waals surface area contributed by atoms with E-state index < -0.39 is 0 Å². The van der Waals surface area contributed by atoms with Crippen LogP contribution in [0.2, 0.25) is 0 Å². The fraction of sp³-hybridized carbons (Fsp3) is 0.167. The zero-order chi connectivity index (χ0) is 22.1. The molecule has 8 heteroatoms. The van der Waals surface area contributed by atoms with Gasteiger partial charge in [0.2, 0.25) is 0 Å². The Balaban J connectivity index is 1.51. The SMILES string of the molecule is [B]N(Cc1nc(-c2ccc3ncnn3c2)c(-c2cccc(C)n2)[nH]1)Cc1ccccc1C. The lowest BCUT2D eigenvalue weighted by Crippen LogP contribution is -2.20. The first kappa shape index (κ1) is 20.1. The van der Waals surface area contributed by atoms with Crippen LogP contribution in [-0.4, -0.2) is 42.3 Å². The third kappa shape index (κ3) is 4.05. The van der Waals surface area contributed by atoms with Crippen molar-refractivity contribution in [2.75, 3.05) is 0 Å². The number of aryl methyl sites for hydroxylation is 2. The van der Waals surface area contributed by atoms with Crippen LogP contribution in [0.4, 0.5) is 0 Å². The summed E-state index contributed by atoms with van der Waals surface area (Å²) in [5.74, 6) is 0.771. The Kier molecular flexibility index (Phi) is 5.29. The normalized spacial score (nSPS) is 11.5. The minimum absolute atomic E-state index is 0.471. The lowest BCUT2D eigenvalue weighted by atomic mass is 10.1. The number of H-pyrrole nitrogens is 1. The van der Waals surface area contributed by atoms with E-state index >= 15 is 0 Å². The summed E-state index contributed by atoms with van der Waals surface area (Å²) in [5.41, 5.74) is 7.55. The van der Waals surface area contributed by atoms with Crippen LogP contribution in [0, 0.1) is 13.8 Å². The van der Waals surface area contributed by atoms with Crippen LogP contribution < -0.4 is 0 Å². The summed E-state index contributed by atoms with van der Waals surface area (Å²) in [7, 11) is 6.36. The molecule has 0 atom stereocenters. The van der Waals surface area contributed by atoms with Crippen molar-refractivity contribution in [3.8, 4) is 22.6 Å². The molecule has 0 bridgehead atoms. The average Bonchev–Trinajstić information content (AvgIpc) is 3.42. The molecule has 2 radical (unpaired) electrons. The number of pyridine rings is 2. The standard InChI is InChI=1S/C24H22BN7/c1-16-6-3-4-8-18(16)12-31(25)14-21-29-23(19-10-11-22-26-15-27-32(22)13-19)24(30-21)20-9-5-7-17(2)28-20/h3-11,13,15H,12,14H2,1-2H3,(H,29,30). The summed E-state index contributed by atoms with van der Waals surface area (Å²) in [6.07, 6.45) is 3.46. The van der Waals surface area contributed by atoms with Crippen LogP contribution in [0.3, 0.4) is 0 Å². The van der Waals surface area contributed by atoms with E-state index in [4.69, 9.17) is 17.9 Å². The summed E-state index contributed by atoms with van der Waals surface area (Å²) >= 11 is 0. The Morgan fingerprint density at radius 3 is 2.69 bits per heavy atom. The smallest absolute Gasteiger partial charge is 0.183 e. The molecule has 7 nitrogen and oxygen atoms in total. The van der Waals surface area contributed by atoms with E-state index in [1.54, 1.807) is 9.33 Å². The Labute approximate surface area is 187 Å². The maximum atomic E-state index is 6.36. The second-order valence-corrected chi connectivity index (χ2v) is 7.88. The molecule has 0 unspecified atom stereocenters. The van der Waals surface area contributed by atoms with Gasteiger partial charge in [0.15, 0.2) is 13.6 Å². The van der Waals surface area contributed by atoms with E-state index in [0.717, 1.165) is 39.8 Å². The molecule has 5 aromatic rings. The Hall–Kier alpha value is -3.78. The highest BCUT2D eigenvalue weighted by Crippen LogP contribution is 2.29. The van der Waals surface area contributed by atoms with Crippen molar-refractivity contribution < 1.29 is 0 Å². The van der Waals surface area contributed by atoms with Gasteiger partial charge in [-0.15, -0.1) is 0 Å². The van der Waals surface area contributed by atoms with Gasteiger partial charge >= 0.3 is 0 Å².